The van der Waals surface area contributed by atoms with Gasteiger partial charge in [-0.1, -0.05) is 53.0 Å². The van der Waals surface area contributed by atoms with E-state index in [1.165, 1.54) is 12.8 Å². The van der Waals surface area contributed by atoms with Crippen LogP contribution in [0.5, 0.6) is 35.3 Å². The Labute approximate surface area is 554 Å². The molecule has 3 saturated carbocycles. The van der Waals surface area contributed by atoms with Gasteiger partial charge in [-0.15, -0.1) is 5.10 Å². The highest BCUT2D eigenvalue weighted by Gasteiger charge is 2.46. The Morgan fingerprint density at radius 3 is 1.23 bits per heavy atom. The fraction of sp³-hybridized carbons (Fsp3) is 0.606. The molecule has 6 heterocycles. The van der Waals surface area contributed by atoms with Gasteiger partial charge in [-0.2, -0.15) is 25.1 Å². The molecule has 6 bridgehead atoms. The first-order valence-corrected chi connectivity index (χ1v) is 33.8. The van der Waals surface area contributed by atoms with Crippen molar-refractivity contribution < 1.29 is 33.3 Å². The number of fused-ring (bicyclic) bond motifs is 6. The minimum Gasteiger partial charge on any atom is -0.444 e. The molecule has 2 amide bonds. The Hall–Kier alpha value is -5.71. The number of carbonyl (C=O) groups excluding carboxylic acids is 2. The molecule has 6 aromatic rings. The van der Waals surface area contributed by atoms with Crippen LogP contribution in [0.3, 0.4) is 0 Å². The van der Waals surface area contributed by atoms with E-state index < -0.39 is 11.2 Å². The van der Waals surface area contributed by atoms with E-state index in [1.807, 2.05) is 123 Å². The lowest BCUT2D eigenvalue weighted by atomic mass is 9.82. The number of piperidine rings is 3. The molecule has 3 aromatic carbocycles. The van der Waals surface area contributed by atoms with Crippen LogP contribution in [-0.4, -0.2) is 123 Å². The molecule has 12 rings (SSSR count). The largest absolute Gasteiger partial charge is 0.444 e. The number of ether oxygens (including phenoxy) is 5. The van der Waals surface area contributed by atoms with Crippen molar-refractivity contribution in [1.29, 1.82) is 0 Å². The number of aromatic nitrogens is 9. The molecule has 20 nitrogen and oxygen atoms in total. The number of carbonyl (C=O) groups is 2. The van der Waals surface area contributed by atoms with Crippen LogP contribution >= 0.6 is 50.7 Å². The van der Waals surface area contributed by atoms with Gasteiger partial charge in [-0.05, 0) is 253 Å². The molecular formula is C66H91BrCl3N13O7. The Balaban J connectivity index is 0.000000148. The zero-order valence-electron chi connectivity index (χ0n) is 54.1. The number of nitrogens with zero attached hydrogens (tertiary/aromatic N) is 11. The molecule has 3 aromatic heterocycles. The van der Waals surface area contributed by atoms with E-state index in [9.17, 15) is 9.59 Å². The monoisotopic (exact) mass is 1360 g/mol. The Morgan fingerprint density at radius 2 is 0.867 bits per heavy atom. The van der Waals surface area contributed by atoms with Crippen molar-refractivity contribution in [3.8, 4) is 35.3 Å². The second-order valence-electron chi connectivity index (χ2n) is 27.6. The minimum absolute atomic E-state index is 0.121. The van der Waals surface area contributed by atoms with E-state index in [-0.39, 0.29) is 30.3 Å². The Kier molecular flexibility index (Phi) is 22.8. The quantitative estimate of drug-likeness (QED) is 0.110. The summed E-state index contributed by atoms with van der Waals surface area (Å²) in [6, 6.07) is 24.1. The maximum Gasteiger partial charge on any atom is 0.410 e. The van der Waals surface area contributed by atoms with Crippen LogP contribution in [0, 0.1) is 47.3 Å². The third kappa shape index (κ3) is 18.5. The van der Waals surface area contributed by atoms with Gasteiger partial charge in [0.25, 0.3) is 0 Å². The molecule has 3 N–H and O–H groups in total. The molecule has 24 heteroatoms. The van der Waals surface area contributed by atoms with E-state index in [4.69, 9.17) is 84.4 Å². The molecule has 9 atom stereocenters. The van der Waals surface area contributed by atoms with Crippen LogP contribution in [-0.2, 0) is 22.3 Å². The molecular weight excluding hydrogens is 1270 g/mol. The fourth-order valence-electron chi connectivity index (χ4n) is 13.1. The highest BCUT2D eigenvalue weighted by Crippen LogP contribution is 2.45. The number of halogens is 4. The van der Waals surface area contributed by atoms with Crippen molar-refractivity contribution in [1.82, 2.24) is 59.4 Å². The number of likely N-dealkylation sites (tertiary alicyclic amines) is 2. The molecule has 3 saturated heterocycles. The first-order chi connectivity index (χ1) is 42.6. The highest BCUT2D eigenvalue weighted by molar-refractivity contribution is 9.10. The third-order valence-corrected chi connectivity index (χ3v) is 18.4. The van der Waals surface area contributed by atoms with Crippen LogP contribution in [0.4, 0.5) is 9.59 Å². The van der Waals surface area contributed by atoms with Gasteiger partial charge in [0.05, 0.1) is 18.1 Å². The summed E-state index contributed by atoms with van der Waals surface area (Å²) in [6.07, 6.45) is 8.60. The standard InChI is InChI=1S/C24H33ClN4O3.C19H25ClN4O.C12H22N2O2.C11H11BrClN3O/c1-15(2)29-22(31-19-8-6-7-18(25)11-19)26-21(27-29)12-20-16-9-10-17(20)14-28(13-16)23(30)32-24(3,4)5;1-12(2)24-19(25-16-5-3-4-15(20)8-16)22-18(23-24)9-17-13-6-7-14(17)11-21-10-13;1-12(2,3)16-11(15)14-6-8-4-5-9(7-14)10(8)13;1-7(2)16-11(14-10(12)15-16)17-9-5-3-4-8(13)6-9/h6-8,11,15-17,20H,9-10,12-14H2,1-5H3;3-5,8,12-14,17,21H,6-7,9-11H2,1-2H3;8-10H,4-7,13H2,1-3H3;3-7H,1-2H3/t16-,17+,20?;13-,14+,17?;8-,9+,10?;. The molecule has 3 aliphatic heterocycles. The number of nitrogens with two attached hydrogens (primary N) is 1. The van der Waals surface area contributed by atoms with E-state index >= 15 is 0 Å². The second-order valence-corrected chi connectivity index (χ2v) is 29.6. The molecule has 6 fully saturated rings. The lowest BCUT2D eigenvalue weighted by molar-refractivity contribution is 0.00771. The normalized spacial score (nSPS) is 23.4. The number of hydrogen-bond acceptors (Lipinski definition) is 15. The van der Waals surface area contributed by atoms with Gasteiger partial charge in [0.15, 0.2) is 11.6 Å². The van der Waals surface area contributed by atoms with Crippen molar-refractivity contribution in [2.75, 3.05) is 39.3 Å². The molecule has 90 heavy (non-hydrogen) atoms. The van der Waals surface area contributed by atoms with Crippen molar-refractivity contribution in [2.24, 2.45) is 53.1 Å². The summed E-state index contributed by atoms with van der Waals surface area (Å²) in [4.78, 5) is 41.8. The maximum absolute atomic E-state index is 12.6. The van der Waals surface area contributed by atoms with Gasteiger partial charge < -0.3 is 44.5 Å². The lowest BCUT2D eigenvalue weighted by Crippen LogP contribution is -2.51. The van der Waals surface area contributed by atoms with E-state index in [2.05, 4.69) is 59.0 Å². The van der Waals surface area contributed by atoms with E-state index in [1.54, 1.807) is 28.9 Å². The Bertz CT molecular complexity index is 3320. The van der Waals surface area contributed by atoms with Crippen molar-refractivity contribution >= 4 is 62.9 Å². The third-order valence-electron chi connectivity index (χ3n) is 17.4. The molecule has 6 aliphatic rings. The summed E-state index contributed by atoms with van der Waals surface area (Å²) in [5, 5.41) is 19.1. The predicted molar refractivity (Wildman–Crippen MR) is 353 cm³/mol. The molecule has 0 radical (unpaired) electrons. The van der Waals surface area contributed by atoms with Crippen LogP contribution in [0.15, 0.2) is 77.5 Å². The number of nitrogens with one attached hydrogen (secondary N) is 1. The maximum atomic E-state index is 12.6. The van der Waals surface area contributed by atoms with Gasteiger partial charge in [0.1, 0.15) is 28.5 Å². The average Bonchev–Trinajstić information content (AvgIpc) is 1.93. The van der Waals surface area contributed by atoms with E-state index in [0.717, 1.165) is 101 Å². The number of rotatable bonds is 13. The topological polar surface area (TPSA) is 217 Å². The fourth-order valence-corrected chi connectivity index (χ4v) is 14.0. The van der Waals surface area contributed by atoms with Crippen LogP contribution in [0.1, 0.15) is 151 Å². The number of benzene rings is 3. The summed E-state index contributed by atoms with van der Waals surface area (Å²) in [6.45, 7) is 29.0. The molecule has 0 spiro atoms. The summed E-state index contributed by atoms with van der Waals surface area (Å²) < 4.78 is 34.5. The van der Waals surface area contributed by atoms with Gasteiger partial charge in [-0.3, -0.25) is 0 Å². The zero-order chi connectivity index (χ0) is 64.8. The van der Waals surface area contributed by atoms with Gasteiger partial charge in [-0.25, -0.2) is 23.6 Å². The highest BCUT2D eigenvalue weighted by atomic mass is 79.9. The number of amides is 2. The molecule has 3 aliphatic carbocycles. The second kappa shape index (κ2) is 29.9. The van der Waals surface area contributed by atoms with Gasteiger partial charge in [0, 0.05) is 60.1 Å². The zero-order valence-corrected chi connectivity index (χ0v) is 58.0. The summed E-state index contributed by atoms with van der Waals surface area (Å²) >= 11 is 21.3. The smallest absolute Gasteiger partial charge is 0.410 e. The first kappa shape index (κ1) is 68.7. The number of hydrogen-bond donors (Lipinski definition) is 2. The van der Waals surface area contributed by atoms with Crippen LogP contribution in [0.2, 0.25) is 15.1 Å². The SMILES string of the molecule is CC(C)(C)OC(=O)N1C[C@H]2CC[C@@H](C1)C2N.CC(C)n1nc(Br)nc1Oc1cccc(Cl)c1.CC(C)n1nc(CC2[C@@H]3CC[C@H]2CN(C(=O)OC(C)(C)C)C3)nc1Oc1cccc(Cl)c1.CC(C)n1nc(CC2[C@@H]3CC[C@H]2CNC3)nc1Oc1cccc(Cl)c1. The summed E-state index contributed by atoms with van der Waals surface area (Å²) in [5.74, 6) is 8.21. The van der Waals surface area contributed by atoms with Gasteiger partial charge in [0.2, 0.25) is 4.73 Å². The molecule has 490 valence electrons. The summed E-state index contributed by atoms with van der Waals surface area (Å²) in [5.41, 5.74) is 5.22. The lowest BCUT2D eigenvalue weighted by Gasteiger charge is -2.38. The van der Waals surface area contributed by atoms with E-state index in [0.29, 0.717) is 96.6 Å². The van der Waals surface area contributed by atoms with Crippen molar-refractivity contribution in [3.05, 3.63) is 104 Å². The van der Waals surface area contributed by atoms with Crippen LogP contribution < -0.4 is 25.3 Å². The van der Waals surface area contributed by atoms with Crippen molar-refractivity contribution in [3.63, 3.8) is 0 Å². The predicted octanol–water partition coefficient (Wildman–Crippen LogP) is 15.5. The minimum atomic E-state index is -0.472. The summed E-state index contributed by atoms with van der Waals surface area (Å²) in [7, 11) is 0. The Morgan fingerprint density at radius 1 is 0.533 bits per heavy atom. The first-order valence-electron chi connectivity index (χ1n) is 31.9. The average molecular weight is 1360 g/mol. The van der Waals surface area contributed by atoms with Crippen molar-refractivity contribution in [2.45, 2.75) is 170 Å². The van der Waals surface area contributed by atoms with Crippen LogP contribution in [0.25, 0.3) is 0 Å². The van der Waals surface area contributed by atoms with Gasteiger partial charge >= 0.3 is 30.2 Å². The molecule has 3 unspecified atom stereocenters.